The number of aryl methyl sites for hydroxylation is 1. The summed E-state index contributed by atoms with van der Waals surface area (Å²) < 4.78 is 5.70. The van der Waals surface area contributed by atoms with Crippen molar-refractivity contribution in [2.45, 2.75) is 32.3 Å². The molecular weight excluding hydrogens is 286 g/mol. The smallest absolute Gasteiger partial charge is 0.0747 e. The Morgan fingerprint density at radius 3 is 3.00 bits per heavy atom. The third kappa shape index (κ3) is 5.63. The molecule has 1 aliphatic heterocycles. The number of benzene rings is 1. The summed E-state index contributed by atoms with van der Waals surface area (Å²) in [4.78, 5) is 0. The molecule has 124 valence electrons. The molecule has 2 rings (SSSR count). The van der Waals surface area contributed by atoms with E-state index in [1.807, 2.05) is 25.4 Å². The van der Waals surface area contributed by atoms with E-state index in [1.165, 1.54) is 12.8 Å². The highest BCUT2D eigenvalue weighted by molar-refractivity contribution is 5.66. The van der Waals surface area contributed by atoms with Gasteiger partial charge in [-0.05, 0) is 50.9 Å². The summed E-state index contributed by atoms with van der Waals surface area (Å²) in [7, 11) is 1.89. The average molecular weight is 313 g/mol. The van der Waals surface area contributed by atoms with Crippen LogP contribution in [0.4, 0.5) is 0 Å². The van der Waals surface area contributed by atoms with Crippen molar-refractivity contribution in [3.8, 4) is 11.8 Å². The number of nitrogens with one attached hydrogen (secondary N) is 2. The molecule has 1 heterocycles. The number of hydrogen-bond acceptors (Lipinski definition) is 4. The third-order valence-corrected chi connectivity index (χ3v) is 3.91. The lowest BCUT2D eigenvalue weighted by Crippen LogP contribution is -2.29. The van der Waals surface area contributed by atoms with E-state index in [-0.39, 0.29) is 0 Å². The van der Waals surface area contributed by atoms with E-state index in [4.69, 9.17) is 10.5 Å². The maximum absolute atomic E-state index is 6.19. The summed E-state index contributed by atoms with van der Waals surface area (Å²) in [6.07, 6.45) is 5.74. The Labute approximate surface area is 139 Å². The van der Waals surface area contributed by atoms with Crippen LogP contribution >= 0.6 is 0 Å². The fourth-order valence-corrected chi connectivity index (χ4v) is 2.65. The molecule has 1 saturated heterocycles. The SMILES string of the molecule is CNCC#Cc1ccc(/C(N)=C/NCC2CCCCO2)c(C)c1. The maximum atomic E-state index is 6.19. The van der Waals surface area contributed by atoms with Crippen molar-refractivity contribution in [2.24, 2.45) is 5.73 Å². The lowest BCUT2D eigenvalue weighted by molar-refractivity contribution is 0.0188. The Morgan fingerprint density at radius 2 is 2.30 bits per heavy atom. The van der Waals surface area contributed by atoms with Crippen LogP contribution in [0, 0.1) is 18.8 Å². The highest BCUT2D eigenvalue weighted by atomic mass is 16.5. The Balaban J connectivity index is 1.94. The molecule has 0 bridgehead atoms. The first kappa shape index (κ1) is 17.4. The van der Waals surface area contributed by atoms with Gasteiger partial charge in [0.05, 0.1) is 18.3 Å². The molecule has 0 radical (unpaired) electrons. The summed E-state index contributed by atoms with van der Waals surface area (Å²) in [5.41, 5.74) is 10.1. The molecule has 0 aromatic heterocycles. The van der Waals surface area contributed by atoms with Gasteiger partial charge in [0.1, 0.15) is 0 Å². The normalized spacial score (nSPS) is 18.2. The molecule has 4 N–H and O–H groups in total. The van der Waals surface area contributed by atoms with E-state index in [1.54, 1.807) is 0 Å². The van der Waals surface area contributed by atoms with Crippen molar-refractivity contribution >= 4 is 5.70 Å². The van der Waals surface area contributed by atoms with Crippen LogP contribution in [0.2, 0.25) is 0 Å². The molecule has 0 saturated carbocycles. The molecule has 0 aliphatic carbocycles. The van der Waals surface area contributed by atoms with Crippen molar-refractivity contribution < 1.29 is 4.74 Å². The molecule has 1 atom stereocenters. The van der Waals surface area contributed by atoms with Gasteiger partial charge in [-0.3, -0.25) is 0 Å². The third-order valence-electron chi connectivity index (χ3n) is 3.91. The van der Waals surface area contributed by atoms with Crippen LogP contribution in [0.15, 0.2) is 24.4 Å². The van der Waals surface area contributed by atoms with Gasteiger partial charge in [0.25, 0.3) is 0 Å². The molecular formula is C19H27N3O. The zero-order chi connectivity index (χ0) is 16.5. The average Bonchev–Trinajstić information content (AvgIpc) is 2.56. The summed E-state index contributed by atoms with van der Waals surface area (Å²) in [6.45, 7) is 4.44. The predicted octanol–water partition coefficient (Wildman–Crippen LogP) is 1.98. The highest BCUT2D eigenvalue weighted by Crippen LogP contribution is 2.16. The molecule has 1 fully saturated rings. The van der Waals surface area contributed by atoms with Gasteiger partial charge >= 0.3 is 0 Å². The van der Waals surface area contributed by atoms with E-state index < -0.39 is 0 Å². The second-order valence-corrected chi connectivity index (χ2v) is 5.86. The van der Waals surface area contributed by atoms with E-state index in [2.05, 4.69) is 35.5 Å². The van der Waals surface area contributed by atoms with Gasteiger partial charge in [-0.25, -0.2) is 0 Å². The predicted molar refractivity (Wildman–Crippen MR) is 95.7 cm³/mol. The zero-order valence-electron chi connectivity index (χ0n) is 14.1. The van der Waals surface area contributed by atoms with Crippen LogP contribution in [0.3, 0.4) is 0 Å². The molecule has 1 aromatic rings. The molecule has 4 heteroatoms. The lowest BCUT2D eigenvalue weighted by Gasteiger charge is -2.22. The van der Waals surface area contributed by atoms with Crippen LogP contribution in [0.1, 0.15) is 36.0 Å². The summed E-state index contributed by atoms with van der Waals surface area (Å²) >= 11 is 0. The summed E-state index contributed by atoms with van der Waals surface area (Å²) in [5.74, 6) is 6.20. The topological polar surface area (TPSA) is 59.3 Å². The number of hydrogen-bond donors (Lipinski definition) is 3. The van der Waals surface area contributed by atoms with Crippen LogP contribution in [0.5, 0.6) is 0 Å². The molecule has 1 aromatic carbocycles. The molecule has 23 heavy (non-hydrogen) atoms. The molecule has 0 amide bonds. The van der Waals surface area contributed by atoms with Gasteiger partial charge in [-0.2, -0.15) is 0 Å². The summed E-state index contributed by atoms with van der Waals surface area (Å²) in [6, 6.07) is 6.11. The largest absolute Gasteiger partial charge is 0.397 e. The van der Waals surface area contributed by atoms with Gasteiger partial charge < -0.3 is 21.1 Å². The molecule has 4 nitrogen and oxygen atoms in total. The van der Waals surface area contributed by atoms with Crippen molar-refractivity contribution in [2.75, 3.05) is 26.7 Å². The Kier molecular flexibility index (Phi) is 6.99. The highest BCUT2D eigenvalue weighted by Gasteiger charge is 2.12. The Morgan fingerprint density at radius 1 is 1.43 bits per heavy atom. The van der Waals surface area contributed by atoms with E-state index in [9.17, 15) is 0 Å². The standard InChI is InChI=1S/C19H27N3O/c1-15-12-16(6-5-10-21-2)8-9-18(15)19(20)14-22-13-17-7-3-4-11-23-17/h8-9,12,14,17,21-22H,3-4,7,10-11,13,20H2,1-2H3/b19-14-. The van der Waals surface area contributed by atoms with Crippen LogP contribution in [-0.2, 0) is 4.74 Å². The minimum absolute atomic E-state index is 0.304. The first-order chi connectivity index (χ1) is 11.2. The zero-order valence-corrected chi connectivity index (χ0v) is 14.1. The minimum atomic E-state index is 0.304. The van der Waals surface area contributed by atoms with E-state index >= 15 is 0 Å². The second kappa shape index (κ2) is 9.24. The van der Waals surface area contributed by atoms with Gasteiger partial charge in [-0.15, -0.1) is 0 Å². The second-order valence-electron chi connectivity index (χ2n) is 5.86. The Bertz CT molecular complexity index is 592. The Hall–Kier alpha value is -1.96. The van der Waals surface area contributed by atoms with Crippen molar-refractivity contribution in [3.05, 3.63) is 41.1 Å². The number of rotatable bonds is 5. The van der Waals surface area contributed by atoms with Crippen molar-refractivity contribution in [1.29, 1.82) is 0 Å². The van der Waals surface area contributed by atoms with Gasteiger partial charge in [0.15, 0.2) is 0 Å². The van der Waals surface area contributed by atoms with Crippen molar-refractivity contribution in [3.63, 3.8) is 0 Å². The fraction of sp³-hybridized carbons (Fsp3) is 0.474. The first-order valence-corrected chi connectivity index (χ1v) is 8.26. The quantitative estimate of drug-likeness (QED) is 0.728. The number of nitrogens with two attached hydrogens (primary N) is 1. The molecule has 0 spiro atoms. The van der Waals surface area contributed by atoms with Crippen molar-refractivity contribution in [1.82, 2.24) is 10.6 Å². The van der Waals surface area contributed by atoms with E-state index in [0.29, 0.717) is 12.6 Å². The van der Waals surface area contributed by atoms with Crippen LogP contribution in [-0.4, -0.2) is 32.8 Å². The minimum Gasteiger partial charge on any atom is -0.397 e. The first-order valence-electron chi connectivity index (χ1n) is 8.26. The van der Waals surface area contributed by atoms with E-state index in [0.717, 1.165) is 42.0 Å². The molecule has 1 aliphatic rings. The summed E-state index contributed by atoms with van der Waals surface area (Å²) in [5, 5.41) is 6.30. The monoisotopic (exact) mass is 313 g/mol. The fourth-order valence-electron chi connectivity index (χ4n) is 2.65. The molecule has 1 unspecified atom stereocenters. The van der Waals surface area contributed by atoms with Gasteiger partial charge in [-0.1, -0.05) is 17.9 Å². The number of ether oxygens (including phenoxy) is 1. The maximum Gasteiger partial charge on any atom is 0.0747 e. The lowest BCUT2D eigenvalue weighted by atomic mass is 10.0. The van der Waals surface area contributed by atoms with Gasteiger partial charge in [0.2, 0.25) is 0 Å². The van der Waals surface area contributed by atoms with Crippen LogP contribution < -0.4 is 16.4 Å². The van der Waals surface area contributed by atoms with Gasteiger partial charge in [0, 0.05) is 30.5 Å². The van der Waals surface area contributed by atoms with Crippen LogP contribution in [0.25, 0.3) is 5.70 Å².